The fourth-order valence-electron chi connectivity index (χ4n) is 2.85. The third kappa shape index (κ3) is 4.84. The minimum absolute atomic E-state index is 0.278. The van der Waals surface area contributed by atoms with Crippen LogP contribution in [-0.2, 0) is 15.9 Å². The number of methoxy groups -OCH3 is 1. The summed E-state index contributed by atoms with van der Waals surface area (Å²) in [6, 6.07) is 5.66. The summed E-state index contributed by atoms with van der Waals surface area (Å²) >= 11 is 0. The van der Waals surface area contributed by atoms with Gasteiger partial charge in [-0.05, 0) is 62.4 Å². The van der Waals surface area contributed by atoms with Gasteiger partial charge in [-0.3, -0.25) is 0 Å². The Morgan fingerprint density at radius 1 is 1.24 bits per heavy atom. The Morgan fingerprint density at radius 3 is 2.48 bits per heavy atom. The highest BCUT2D eigenvalue weighted by Crippen LogP contribution is 2.27. The van der Waals surface area contributed by atoms with Crippen molar-refractivity contribution in [3.63, 3.8) is 0 Å². The topological polar surface area (TPSA) is 55.8 Å². The minimum atomic E-state index is -0.486. The number of amides is 1. The lowest BCUT2D eigenvalue weighted by atomic mass is 9.92. The summed E-state index contributed by atoms with van der Waals surface area (Å²) < 4.78 is 10.2. The zero-order valence-corrected chi connectivity index (χ0v) is 15.7. The number of esters is 1. The van der Waals surface area contributed by atoms with Crippen molar-refractivity contribution in [3.8, 4) is 0 Å². The van der Waals surface area contributed by atoms with E-state index < -0.39 is 5.60 Å². The van der Waals surface area contributed by atoms with Crippen LogP contribution in [0.15, 0.2) is 24.3 Å². The van der Waals surface area contributed by atoms with Crippen LogP contribution in [0.4, 0.5) is 4.79 Å². The molecule has 0 atom stereocenters. The maximum absolute atomic E-state index is 12.2. The highest BCUT2D eigenvalue weighted by Gasteiger charge is 2.24. The van der Waals surface area contributed by atoms with Crippen LogP contribution in [0, 0.1) is 0 Å². The molecule has 5 heteroatoms. The van der Waals surface area contributed by atoms with Crippen LogP contribution < -0.4 is 0 Å². The van der Waals surface area contributed by atoms with Crippen molar-refractivity contribution in [2.45, 2.75) is 46.1 Å². The number of hydrogen-bond donors (Lipinski definition) is 0. The zero-order valence-electron chi connectivity index (χ0n) is 15.7. The first-order chi connectivity index (χ1) is 11.7. The van der Waals surface area contributed by atoms with Gasteiger partial charge in [0.2, 0.25) is 0 Å². The summed E-state index contributed by atoms with van der Waals surface area (Å²) in [6.45, 7) is 8.83. The molecule has 0 saturated heterocycles. The molecule has 1 aromatic carbocycles. The predicted molar refractivity (Wildman–Crippen MR) is 97.6 cm³/mol. The second kappa shape index (κ2) is 7.72. The van der Waals surface area contributed by atoms with Crippen LogP contribution in [0.2, 0.25) is 0 Å². The van der Waals surface area contributed by atoms with Crippen molar-refractivity contribution >= 4 is 17.6 Å². The van der Waals surface area contributed by atoms with E-state index in [9.17, 15) is 9.59 Å². The van der Waals surface area contributed by atoms with E-state index in [4.69, 9.17) is 9.47 Å². The van der Waals surface area contributed by atoms with Crippen LogP contribution in [0.5, 0.6) is 0 Å². The maximum atomic E-state index is 12.2. The number of aryl methyl sites for hydroxylation is 1. The van der Waals surface area contributed by atoms with Gasteiger partial charge >= 0.3 is 12.1 Å². The lowest BCUT2D eigenvalue weighted by molar-refractivity contribution is 0.0270. The first-order valence-corrected chi connectivity index (χ1v) is 8.63. The van der Waals surface area contributed by atoms with E-state index >= 15 is 0 Å². The lowest BCUT2D eigenvalue weighted by Crippen LogP contribution is -2.39. The average Bonchev–Trinajstić information content (AvgIpc) is 2.59. The Labute approximate surface area is 149 Å². The SMILES string of the molecule is CCc1cc(C(=O)OC)ccc1C1=CCN(C(=O)OC(C)(C)C)CC1. The van der Waals surface area contributed by atoms with Gasteiger partial charge in [0.15, 0.2) is 0 Å². The molecule has 1 aromatic rings. The van der Waals surface area contributed by atoms with Gasteiger partial charge in [-0.2, -0.15) is 0 Å². The summed E-state index contributed by atoms with van der Waals surface area (Å²) in [4.78, 5) is 25.6. The smallest absolute Gasteiger partial charge is 0.410 e. The van der Waals surface area contributed by atoms with Gasteiger partial charge in [0, 0.05) is 13.1 Å². The van der Waals surface area contributed by atoms with E-state index in [1.54, 1.807) is 11.0 Å². The minimum Gasteiger partial charge on any atom is -0.465 e. The molecule has 0 saturated carbocycles. The summed E-state index contributed by atoms with van der Waals surface area (Å²) in [5.74, 6) is -0.324. The van der Waals surface area contributed by atoms with E-state index in [0.717, 1.165) is 24.0 Å². The van der Waals surface area contributed by atoms with Crippen molar-refractivity contribution in [3.05, 3.63) is 41.0 Å². The summed E-state index contributed by atoms with van der Waals surface area (Å²) in [6.07, 6.45) is 3.39. The van der Waals surface area contributed by atoms with Crippen molar-refractivity contribution in [1.82, 2.24) is 4.90 Å². The lowest BCUT2D eigenvalue weighted by Gasteiger charge is -2.30. The number of carbonyl (C=O) groups is 2. The van der Waals surface area contributed by atoms with Gasteiger partial charge in [-0.1, -0.05) is 19.1 Å². The van der Waals surface area contributed by atoms with Gasteiger partial charge in [0.25, 0.3) is 0 Å². The molecule has 0 fully saturated rings. The third-order valence-electron chi connectivity index (χ3n) is 4.11. The molecule has 0 aromatic heterocycles. The highest BCUT2D eigenvalue weighted by molar-refractivity contribution is 5.90. The molecule has 0 N–H and O–H groups in total. The molecule has 1 aliphatic heterocycles. The summed E-state index contributed by atoms with van der Waals surface area (Å²) in [5, 5.41) is 0. The molecule has 136 valence electrons. The van der Waals surface area contributed by atoms with Crippen molar-refractivity contribution in [2.24, 2.45) is 0 Å². The molecule has 0 unspecified atom stereocenters. The third-order valence-corrected chi connectivity index (χ3v) is 4.11. The van der Waals surface area contributed by atoms with Crippen molar-refractivity contribution in [1.29, 1.82) is 0 Å². The number of carbonyl (C=O) groups excluding carboxylic acids is 2. The van der Waals surface area contributed by atoms with E-state index in [1.807, 2.05) is 32.9 Å². The van der Waals surface area contributed by atoms with E-state index in [1.165, 1.54) is 12.7 Å². The van der Waals surface area contributed by atoms with Crippen LogP contribution >= 0.6 is 0 Å². The Hall–Kier alpha value is -2.30. The molecule has 0 aliphatic carbocycles. The number of benzene rings is 1. The normalized spacial score (nSPS) is 14.8. The Kier molecular flexibility index (Phi) is 5.88. The van der Waals surface area contributed by atoms with Crippen LogP contribution in [0.1, 0.15) is 55.6 Å². The van der Waals surface area contributed by atoms with Crippen LogP contribution in [0.25, 0.3) is 5.57 Å². The van der Waals surface area contributed by atoms with E-state index in [0.29, 0.717) is 18.7 Å². The standard InChI is InChI=1S/C20H27NO4/c1-6-14-13-16(18(22)24-5)7-8-17(14)15-9-11-21(12-10-15)19(23)25-20(2,3)4/h7-9,13H,6,10-12H2,1-5H3. The van der Waals surface area contributed by atoms with Crippen molar-refractivity contribution in [2.75, 3.05) is 20.2 Å². The number of rotatable bonds is 3. The van der Waals surface area contributed by atoms with Gasteiger partial charge in [-0.15, -0.1) is 0 Å². The quantitative estimate of drug-likeness (QED) is 0.775. The fraction of sp³-hybridized carbons (Fsp3) is 0.500. The molecule has 25 heavy (non-hydrogen) atoms. The van der Waals surface area contributed by atoms with Crippen LogP contribution in [0.3, 0.4) is 0 Å². The molecule has 1 aliphatic rings. The van der Waals surface area contributed by atoms with Crippen molar-refractivity contribution < 1.29 is 19.1 Å². The second-order valence-corrected chi connectivity index (χ2v) is 7.12. The van der Waals surface area contributed by atoms with Gasteiger partial charge in [-0.25, -0.2) is 9.59 Å². The Bertz CT molecular complexity index is 685. The highest BCUT2D eigenvalue weighted by atomic mass is 16.6. The summed E-state index contributed by atoms with van der Waals surface area (Å²) in [5.41, 5.74) is 3.53. The second-order valence-electron chi connectivity index (χ2n) is 7.12. The molecular weight excluding hydrogens is 318 g/mol. The van der Waals surface area contributed by atoms with E-state index in [2.05, 4.69) is 13.0 Å². The predicted octanol–water partition coefficient (Wildman–Crippen LogP) is 4.06. The van der Waals surface area contributed by atoms with Crippen LogP contribution in [-0.4, -0.2) is 42.8 Å². The maximum Gasteiger partial charge on any atom is 0.410 e. The number of hydrogen-bond acceptors (Lipinski definition) is 4. The first-order valence-electron chi connectivity index (χ1n) is 8.63. The molecule has 5 nitrogen and oxygen atoms in total. The molecule has 1 amide bonds. The number of ether oxygens (including phenoxy) is 2. The molecule has 0 spiro atoms. The number of nitrogens with zero attached hydrogens (tertiary/aromatic N) is 1. The molecule has 1 heterocycles. The monoisotopic (exact) mass is 345 g/mol. The zero-order chi connectivity index (χ0) is 18.6. The van der Waals surface area contributed by atoms with Gasteiger partial charge < -0.3 is 14.4 Å². The molecule has 0 bridgehead atoms. The first kappa shape index (κ1) is 19.0. The fourth-order valence-corrected chi connectivity index (χ4v) is 2.85. The Morgan fingerprint density at radius 2 is 1.96 bits per heavy atom. The largest absolute Gasteiger partial charge is 0.465 e. The Balaban J connectivity index is 2.15. The molecular formula is C20H27NO4. The molecule has 2 rings (SSSR count). The summed E-state index contributed by atoms with van der Waals surface area (Å²) in [7, 11) is 1.39. The van der Waals surface area contributed by atoms with E-state index in [-0.39, 0.29) is 12.1 Å². The average molecular weight is 345 g/mol. The molecule has 0 radical (unpaired) electrons. The van der Waals surface area contributed by atoms with Gasteiger partial charge in [0.05, 0.1) is 12.7 Å². The van der Waals surface area contributed by atoms with Gasteiger partial charge in [0.1, 0.15) is 5.60 Å².